The van der Waals surface area contributed by atoms with Crippen molar-refractivity contribution in [3.8, 4) is 0 Å². The van der Waals surface area contributed by atoms with Crippen LogP contribution in [-0.4, -0.2) is 12.6 Å². The molecule has 0 aromatic carbocycles. The number of hydrogen-bond donors (Lipinski definition) is 0. The first-order valence-corrected chi connectivity index (χ1v) is 9.92. The van der Waals surface area contributed by atoms with E-state index in [2.05, 4.69) is 6.92 Å². The van der Waals surface area contributed by atoms with E-state index in [4.69, 9.17) is 4.74 Å². The van der Waals surface area contributed by atoms with Crippen molar-refractivity contribution in [1.82, 2.24) is 0 Å². The minimum atomic E-state index is 0.0329. The standard InChI is InChI=1S/C20H38O2/c1-3-4-5-6-7-8-9-10-11-12-13-14-17-22-20(21)18(2)19-15-16-19/h18-19H,3-17H2,1-2H3. The normalized spacial score (nSPS) is 15.7. The van der Waals surface area contributed by atoms with Crippen molar-refractivity contribution in [1.29, 1.82) is 0 Å². The zero-order chi connectivity index (χ0) is 16.0. The van der Waals surface area contributed by atoms with Gasteiger partial charge >= 0.3 is 5.97 Å². The number of esters is 1. The molecule has 0 N–H and O–H groups in total. The predicted octanol–water partition coefficient (Wildman–Crippen LogP) is 6.28. The second-order valence-electron chi connectivity index (χ2n) is 7.18. The molecule has 1 rings (SSSR count). The van der Waals surface area contributed by atoms with E-state index in [1.807, 2.05) is 6.92 Å². The Morgan fingerprint density at radius 1 is 0.864 bits per heavy atom. The van der Waals surface area contributed by atoms with Gasteiger partial charge in [0.1, 0.15) is 0 Å². The zero-order valence-corrected chi connectivity index (χ0v) is 15.1. The van der Waals surface area contributed by atoms with Crippen LogP contribution in [0.25, 0.3) is 0 Å². The van der Waals surface area contributed by atoms with Gasteiger partial charge in [-0.1, -0.05) is 84.5 Å². The summed E-state index contributed by atoms with van der Waals surface area (Å²) in [5.74, 6) is 0.789. The lowest BCUT2D eigenvalue weighted by Crippen LogP contribution is -2.17. The minimum absolute atomic E-state index is 0.0329. The van der Waals surface area contributed by atoms with Gasteiger partial charge in [-0.15, -0.1) is 0 Å². The smallest absolute Gasteiger partial charge is 0.308 e. The highest BCUT2D eigenvalue weighted by Crippen LogP contribution is 2.37. The van der Waals surface area contributed by atoms with E-state index in [0.29, 0.717) is 12.5 Å². The maximum atomic E-state index is 11.7. The van der Waals surface area contributed by atoms with Gasteiger partial charge in [0.2, 0.25) is 0 Å². The second-order valence-corrected chi connectivity index (χ2v) is 7.18. The number of unbranched alkanes of at least 4 members (excludes halogenated alkanes) is 11. The fraction of sp³-hybridized carbons (Fsp3) is 0.950. The highest BCUT2D eigenvalue weighted by Gasteiger charge is 2.33. The molecule has 0 aromatic heterocycles. The van der Waals surface area contributed by atoms with Crippen molar-refractivity contribution in [2.24, 2.45) is 11.8 Å². The summed E-state index contributed by atoms with van der Waals surface area (Å²) in [4.78, 5) is 11.7. The summed E-state index contributed by atoms with van der Waals surface area (Å²) in [6.07, 6.45) is 18.6. The van der Waals surface area contributed by atoms with Crippen LogP contribution in [0.1, 0.15) is 104 Å². The largest absolute Gasteiger partial charge is 0.465 e. The van der Waals surface area contributed by atoms with Gasteiger partial charge in [0.25, 0.3) is 0 Å². The number of rotatable bonds is 15. The van der Waals surface area contributed by atoms with Gasteiger partial charge in [-0.25, -0.2) is 0 Å². The van der Waals surface area contributed by atoms with Crippen molar-refractivity contribution in [3.63, 3.8) is 0 Å². The van der Waals surface area contributed by atoms with Crippen molar-refractivity contribution in [2.45, 2.75) is 104 Å². The zero-order valence-electron chi connectivity index (χ0n) is 15.1. The Balaban J connectivity index is 1.73. The molecule has 0 heterocycles. The molecule has 1 saturated carbocycles. The Kier molecular flexibility index (Phi) is 11.5. The lowest BCUT2D eigenvalue weighted by Gasteiger charge is -2.10. The fourth-order valence-electron chi connectivity index (χ4n) is 3.04. The summed E-state index contributed by atoms with van der Waals surface area (Å²) >= 11 is 0. The van der Waals surface area contributed by atoms with E-state index in [9.17, 15) is 4.79 Å². The van der Waals surface area contributed by atoms with E-state index < -0.39 is 0 Å². The van der Waals surface area contributed by atoms with Crippen LogP contribution in [-0.2, 0) is 9.53 Å². The average Bonchev–Trinajstić information content (AvgIpc) is 3.35. The van der Waals surface area contributed by atoms with Crippen LogP contribution in [0.15, 0.2) is 0 Å². The maximum absolute atomic E-state index is 11.7. The van der Waals surface area contributed by atoms with Crippen LogP contribution < -0.4 is 0 Å². The second kappa shape index (κ2) is 13.0. The number of carbonyl (C=O) groups is 1. The molecule has 0 radical (unpaired) electrons. The van der Waals surface area contributed by atoms with Gasteiger partial charge in [-0.2, -0.15) is 0 Å². The molecule has 130 valence electrons. The first-order chi connectivity index (χ1) is 10.8. The Morgan fingerprint density at radius 2 is 1.32 bits per heavy atom. The lowest BCUT2D eigenvalue weighted by molar-refractivity contribution is -0.148. The molecule has 1 unspecified atom stereocenters. The van der Waals surface area contributed by atoms with Gasteiger partial charge in [0, 0.05) is 0 Å². The van der Waals surface area contributed by atoms with Crippen molar-refractivity contribution in [3.05, 3.63) is 0 Å². The molecule has 0 saturated heterocycles. The minimum Gasteiger partial charge on any atom is -0.465 e. The summed E-state index contributed by atoms with van der Waals surface area (Å²) < 4.78 is 5.36. The molecule has 0 aliphatic heterocycles. The summed E-state index contributed by atoms with van der Waals surface area (Å²) in [6, 6.07) is 0. The molecule has 0 spiro atoms. The number of carbonyl (C=O) groups excluding carboxylic acids is 1. The van der Waals surface area contributed by atoms with Crippen LogP contribution in [0.2, 0.25) is 0 Å². The van der Waals surface area contributed by atoms with E-state index in [0.717, 1.165) is 6.42 Å². The Hall–Kier alpha value is -0.530. The van der Waals surface area contributed by atoms with Gasteiger partial charge in [-0.05, 0) is 25.2 Å². The van der Waals surface area contributed by atoms with Crippen molar-refractivity contribution < 1.29 is 9.53 Å². The first kappa shape index (κ1) is 19.5. The topological polar surface area (TPSA) is 26.3 Å². The SMILES string of the molecule is CCCCCCCCCCCCCCOC(=O)C(C)C1CC1. The van der Waals surface area contributed by atoms with Crippen LogP contribution >= 0.6 is 0 Å². The number of ether oxygens (including phenoxy) is 1. The molecular weight excluding hydrogens is 272 g/mol. The van der Waals surface area contributed by atoms with Crippen molar-refractivity contribution >= 4 is 5.97 Å². The Labute approximate surface area is 138 Å². The van der Waals surface area contributed by atoms with E-state index >= 15 is 0 Å². The summed E-state index contributed by atoms with van der Waals surface area (Å²) in [5, 5.41) is 0. The molecule has 1 fully saturated rings. The highest BCUT2D eigenvalue weighted by atomic mass is 16.5. The molecule has 2 nitrogen and oxygen atoms in total. The predicted molar refractivity (Wildman–Crippen MR) is 93.9 cm³/mol. The van der Waals surface area contributed by atoms with Gasteiger partial charge in [-0.3, -0.25) is 4.79 Å². The molecule has 1 atom stereocenters. The van der Waals surface area contributed by atoms with E-state index in [-0.39, 0.29) is 11.9 Å². The molecule has 0 aromatic rings. The summed E-state index contributed by atoms with van der Waals surface area (Å²) in [6.45, 7) is 4.92. The third-order valence-electron chi connectivity index (χ3n) is 4.94. The van der Waals surface area contributed by atoms with Crippen LogP contribution in [0.5, 0.6) is 0 Å². The van der Waals surface area contributed by atoms with Gasteiger partial charge in [0.05, 0.1) is 12.5 Å². The highest BCUT2D eigenvalue weighted by molar-refractivity contribution is 5.72. The van der Waals surface area contributed by atoms with Gasteiger partial charge < -0.3 is 4.74 Å². The van der Waals surface area contributed by atoms with Crippen LogP contribution in [0.4, 0.5) is 0 Å². The quantitative estimate of drug-likeness (QED) is 0.263. The average molecular weight is 311 g/mol. The molecular formula is C20H38O2. The first-order valence-electron chi connectivity index (χ1n) is 9.92. The summed E-state index contributed by atoms with van der Waals surface area (Å²) in [7, 11) is 0. The Morgan fingerprint density at radius 3 is 1.77 bits per heavy atom. The van der Waals surface area contributed by atoms with Gasteiger partial charge in [0.15, 0.2) is 0 Å². The maximum Gasteiger partial charge on any atom is 0.308 e. The third kappa shape index (κ3) is 10.2. The van der Waals surface area contributed by atoms with E-state index in [1.165, 1.54) is 83.5 Å². The van der Waals surface area contributed by atoms with Crippen molar-refractivity contribution in [2.75, 3.05) is 6.61 Å². The summed E-state index contributed by atoms with van der Waals surface area (Å²) in [5.41, 5.74) is 0. The molecule has 0 bridgehead atoms. The molecule has 2 heteroatoms. The third-order valence-corrected chi connectivity index (χ3v) is 4.94. The van der Waals surface area contributed by atoms with E-state index in [1.54, 1.807) is 0 Å². The molecule has 1 aliphatic rings. The fourth-order valence-corrected chi connectivity index (χ4v) is 3.04. The monoisotopic (exact) mass is 310 g/mol. The van der Waals surface area contributed by atoms with Crippen LogP contribution in [0.3, 0.4) is 0 Å². The molecule has 22 heavy (non-hydrogen) atoms. The number of hydrogen-bond acceptors (Lipinski definition) is 2. The molecule has 0 amide bonds. The lowest BCUT2D eigenvalue weighted by atomic mass is 10.1. The van der Waals surface area contributed by atoms with Crippen LogP contribution in [0, 0.1) is 11.8 Å². The Bertz CT molecular complexity index is 271. The molecule has 1 aliphatic carbocycles.